The van der Waals surface area contributed by atoms with E-state index in [9.17, 15) is 9.18 Å². The van der Waals surface area contributed by atoms with E-state index in [0.717, 1.165) is 16.0 Å². The van der Waals surface area contributed by atoms with Crippen LogP contribution in [0.1, 0.15) is 22.0 Å². The summed E-state index contributed by atoms with van der Waals surface area (Å²) in [7, 11) is 1.80. The maximum absolute atomic E-state index is 13.3. The molecule has 0 bridgehead atoms. The number of hydrogen-bond donors (Lipinski definition) is 0. The molecule has 0 saturated heterocycles. The molecule has 0 radical (unpaired) electrons. The number of carbonyl (C=O) groups excluding carboxylic acids is 1. The molecule has 0 N–H and O–H groups in total. The fraction of sp³-hybridized carbons (Fsp3) is 0.150. The first kappa shape index (κ1) is 16.4. The van der Waals surface area contributed by atoms with E-state index in [1.165, 1.54) is 12.1 Å². The predicted octanol–water partition coefficient (Wildman–Crippen LogP) is 4.68. The Morgan fingerprint density at radius 2 is 1.67 bits per heavy atom. The van der Waals surface area contributed by atoms with Crippen LogP contribution in [-0.2, 0) is 11.2 Å². The highest BCUT2D eigenvalue weighted by atomic mass is 32.1. The van der Waals surface area contributed by atoms with Gasteiger partial charge in [0.2, 0.25) is 5.91 Å². The number of likely N-dealkylation sites (N-methyl/N-ethyl adjacent to an activating group) is 1. The van der Waals surface area contributed by atoms with E-state index in [4.69, 9.17) is 0 Å². The van der Waals surface area contributed by atoms with E-state index in [2.05, 4.69) is 0 Å². The second-order valence-corrected chi connectivity index (χ2v) is 6.66. The number of rotatable bonds is 5. The molecule has 1 unspecified atom stereocenters. The topological polar surface area (TPSA) is 20.3 Å². The summed E-state index contributed by atoms with van der Waals surface area (Å²) in [6.07, 6.45) is 0.374. The summed E-state index contributed by atoms with van der Waals surface area (Å²) in [6, 6.07) is 19.8. The molecule has 122 valence electrons. The van der Waals surface area contributed by atoms with Crippen molar-refractivity contribution in [2.75, 3.05) is 7.05 Å². The minimum atomic E-state index is -0.280. The molecule has 0 saturated carbocycles. The van der Waals surface area contributed by atoms with E-state index in [-0.39, 0.29) is 17.8 Å². The third-order valence-corrected chi connectivity index (χ3v) is 4.86. The second-order valence-electron chi connectivity index (χ2n) is 5.63. The van der Waals surface area contributed by atoms with E-state index in [1.807, 2.05) is 47.8 Å². The highest BCUT2D eigenvalue weighted by Crippen LogP contribution is 2.28. The van der Waals surface area contributed by atoms with Gasteiger partial charge < -0.3 is 4.90 Å². The van der Waals surface area contributed by atoms with E-state index in [1.54, 1.807) is 35.4 Å². The monoisotopic (exact) mass is 339 g/mol. The lowest BCUT2D eigenvalue weighted by Crippen LogP contribution is -2.33. The average molecular weight is 339 g/mol. The van der Waals surface area contributed by atoms with Gasteiger partial charge >= 0.3 is 0 Å². The predicted molar refractivity (Wildman–Crippen MR) is 95.5 cm³/mol. The van der Waals surface area contributed by atoms with E-state index < -0.39 is 0 Å². The first-order valence-corrected chi connectivity index (χ1v) is 8.61. The standard InChI is InChI=1S/C20H18FNOS/c1-22(19(23)14-18-8-5-13-24-18)20(15-6-3-2-4-7-15)16-9-11-17(21)12-10-16/h2-13,20H,14H2,1H3. The number of nitrogens with zero attached hydrogens (tertiary/aromatic N) is 1. The fourth-order valence-corrected chi connectivity index (χ4v) is 3.45. The maximum Gasteiger partial charge on any atom is 0.228 e. The number of halogens is 1. The zero-order chi connectivity index (χ0) is 16.9. The van der Waals surface area contributed by atoms with Crippen molar-refractivity contribution in [3.63, 3.8) is 0 Å². The highest BCUT2D eigenvalue weighted by molar-refractivity contribution is 7.10. The van der Waals surface area contributed by atoms with Crippen LogP contribution in [0.2, 0.25) is 0 Å². The molecule has 3 rings (SSSR count). The van der Waals surface area contributed by atoms with Crippen molar-refractivity contribution in [2.45, 2.75) is 12.5 Å². The summed E-state index contributed by atoms with van der Waals surface area (Å²) in [5.41, 5.74) is 1.90. The number of thiophene rings is 1. The number of benzene rings is 2. The zero-order valence-corrected chi connectivity index (χ0v) is 14.2. The Kier molecular flexibility index (Phi) is 5.06. The molecular weight excluding hydrogens is 321 g/mol. The quantitative estimate of drug-likeness (QED) is 0.661. The summed E-state index contributed by atoms with van der Waals surface area (Å²) in [4.78, 5) is 15.5. The summed E-state index contributed by atoms with van der Waals surface area (Å²) < 4.78 is 13.3. The van der Waals surface area contributed by atoms with Gasteiger partial charge in [-0.2, -0.15) is 0 Å². The average Bonchev–Trinajstić information content (AvgIpc) is 3.10. The molecule has 2 aromatic carbocycles. The zero-order valence-electron chi connectivity index (χ0n) is 13.4. The van der Waals surface area contributed by atoms with Gasteiger partial charge in [0.15, 0.2) is 0 Å². The van der Waals surface area contributed by atoms with E-state index >= 15 is 0 Å². The number of hydrogen-bond acceptors (Lipinski definition) is 2. The Hall–Kier alpha value is -2.46. The first-order valence-electron chi connectivity index (χ1n) is 7.73. The Bertz CT molecular complexity index is 784. The van der Waals surface area contributed by atoms with Crippen molar-refractivity contribution in [1.29, 1.82) is 0 Å². The summed E-state index contributed by atoms with van der Waals surface area (Å²) in [6.45, 7) is 0. The molecule has 4 heteroatoms. The lowest BCUT2D eigenvalue weighted by atomic mass is 9.97. The molecular formula is C20H18FNOS. The second kappa shape index (κ2) is 7.41. The molecule has 1 aromatic heterocycles. The third kappa shape index (κ3) is 3.71. The van der Waals surface area contributed by atoms with Crippen LogP contribution in [0.5, 0.6) is 0 Å². The van der Waals surface area contributed by atoms with Gasteiger partial charge in [-0.25, -0.2) is 4.39 Å². The van der Waals surface area contributed by atoms with Gasteiger partial charge in [0, 0.05) is 11.9 Å². The fourth-order valence-electron chi connectivity index (χ4n) is 2.75. The molecule has 0 fully saturated rings. The Morgan fingerprint density at radius 1 is 1.00 bits per heavy atom. The molecule has 1 amide bonds. The largest absolute Gasteiger partial charge is 0.334 e. The summed E-state index contributed by atoms with van der Waals surface area (Å²) in [5, 5.41) is 1.97. The molecule has 0 aliphatic rings. The molecule has 3 aromatic rings. The summed E-state index contributed by atoms with van der Waals surface area (Å²) >= 11 is 1.58. The Labute approximate surface area is 145 Å². The molecule has 0 aliphatic heterocycles. The van der Waals surface area contributed by atoms with Crippen molar-refractivity contribution in [1.82, 2.24) is 4.90 Å². The van der Waals surface area contributed by atoms with Gasteiger partial charge in [-0.15, -0.1) is 11.3 Å². The van der Waals surface area contributed by atoms with Gasteiger partial charge in [-0.05, 0) is 34.7 Å². The minimum Gasteiger partial charge on any atom is -0.334 e. The Balaban J connectivity index is 1.91. The van der Waals surface area contributed by atoms with Crippen LogP contribution in [-0.4, -0.2) is 17.9 Å². The van der Waals surface area contributed by atoms with Crippen molar-refractivity contribution < 1.29 is 9.18 Å². The molecule has 0 spiro atoms. The van der Waals surface area contributed by atoms with Crippen molar-refractivity contribution >= 4 is 17.2 Å². The molecule has 1 heterocycles. The molecule has 2 nitrogen and oxygen atoms in total. The number of amides is 1. The van der Waals surface area contributed by atoms with Crippen LogP contribution in [0.25, 0.3) is 0 Å². The number of carbonyl (C=O) groups is 1. The Morgan fingerprint density at radius 3 is 2.29 bits per heavy atom. The maximum atomic E-state index is 13.3. The highest BCUT2D eigenvalue weighted by Gasteiger charge is 2.23. The van der Waals surface area contributed by atoms with Crippen molar-refractivity contribution in [3.05, 3.63) is 93.9 Å². The molecule has 1 atom stereocenters. The van der Waals surface area contributed by atoms with Gasteiger partial charge in [0.1, 0.15) is 5.82 Å². The third-order valence-electron chi connectivity index (χ3n) is 3.99. The van der Waals surface area contributed by atoms with Gasteiger partial charge in [-0.3, -0.25) is 4.79 Å². The van der Waals surface area contributed by atoms with Gasteiger partial charge in [-0.1, -0.05) is 48.5 Å². The van der Waals surface area contributed by atoms with Gasteiger partial charge in [0.05, 0.1) is 12.5 Å². The van der Waals surface area contributed by atoms with E-state index in [0.29, 0.717) is 6.42 Å². The van der Waals surface area contributed by atoms with Crippen LogP contribution in [0.3, 0.4) is 0 Å². The minimum absolute atomic E-state index is 0.0376. The first-order chi connectivity index (χ1) is 11.6. The summed E-state index contributed by atoms with van der Waals surface area (Å²) in [5.74, 6) is -0.242. The van der Waals surface area contributed by atoms with Crippen LogP contribution in [0, 0.1) is 5.82 Å². The van der Waals surface area contributed by atoms with Crippen LogP contribution >= 0.6 is 11.3 Å². The van der Waals surface area contributed by atoms with Crippen molar-refractivity contribution in [2.24, 2.45) is 0 Å². The SMILES string of the molecule is CN(C(=O)Cc1cccs1)C(c1ccccc1)c1ccc(F)cc1. The molecule has 0 aliphatic carbocycles. The van der Waals surface area contributed by atoms with Gasteiger partial charge in [0.25, 0.3) is 0 Å². The lowest BCUT2D eigenvalue weighted by molar-refractivity contribution is -0.130. The van der Waals surface area contributed by atoms with Crippen molar-refractivity contribution in [3.8, 4) is 0 Å². The smallest absolute Gasteiger partial charge is 0.228 e. The lowest BCUT2D eigenvalue weighted by Gasteiger charge is -2.29. The van der Waals surface area contributed by atoms with Crippen LogP contribution in [0.4, 0.5) is 4.39 Å². The molecule has 24 heavy (non-hydrogen) atoms. The van der Waals surface area contributed by atoms with Crippen LogP contribution < -0.4 is 0 Å². The van der Waals surface area contributed by atoms with Crippen LogP contribution in [0.15, 0.2) is 72.1 Å². The normalized spacial score (nSPS) is 11.9.